The first-order valence-electron chi connectivity index (χ1n) is 6.03. The normalized spacial score (nSPS) is 15.6. The molecule has 0 fully saturated rings. The second-order valence-corrected chi connectivity index (χ2v) is 4.58. The summed E-state index contributed by atoms with van der Waals surface area (Å²) < 4.78 is 10.5. The number of nitrogens with one attached hydrogen (secondary N) is 1. The summed E-state index contributed by atoms with van der Waals surface area (Å²) in [4.78, 5) is 0. The summed E-state index contributed by atoms with van der Waals surface area (Å²) in [5.41, 5.74) is 7.72. The number of hydrazine groups is 1. The van der Waals surface area contributed by atoms with E-state index in [1.165, 1.54) is 16.7 Å². The Hall–Kier alpha value is -1.62. The highest BCUT2D eigenvalue weighted by Gasteiger charge is 2.16. The highest BCUT2D eigenvalue weighted by Crippen LogP contribution is 2.25. The van der Waals surface area contributed by atoms with Gasteiger partial charge in [-0.3, -0.25) is 11.3 Å². The van der Waals surface area contributed by atoms with Crippen LogP contribution in [0.25, 0.3) is 0 Å². The van der Waals surface area contributed by atoms with Gasteiger partial charge in [0.05, 0.1) is 31.8 Å². The van der Waals surface area contributed by atoms with Crippen molar-refractivity contribution in [2.45, 2.75) is 25.7 Å². The summed E-state index contributed by atoms with van der Waals surface area (Å²) in [6.45, 7) is 1.42. The van der Waals surface area contributed by atoms with E-state index < -0.39 is 0 Å². The van der Waals surface area contributed by atoms with Crippen LogP contribution in [0.4, 0.5) is 0 Å². The van der Waals surface area contributed by atoms with E-state index in [0.29, 0.717) is 6.61 Å². The van der Waals surface area contributed by atoms with Gasteiger partial charge >= 0.3 is 0 Å². The molecule has 0 saturated carbocycles. The van der Waals surface area contributed by atoms with Crippen LogP contribution in [0.5, 0.6) is 0 Å². The molecule has 1 aliphatic heterocycles. The number of hydrogen-bond acceptors (Lipinski definition) is 4. The minimum atomic E-state index is 0.0912. The first kappa shape index (κ1) is 11.5. The van der Waals surface area contributed by atoms with Gasteiger partial charge in [0.15, 0.2) is 0 Å². The number of benzene rings is 1. The van der Waals surface area contributed by atoms with E-state index in [2.05, 4.69) is 23.6 Å². The molecule has 4 heteroatoms. The Bertz CT molecular complexity index is 523. The average Bonchev–Trinajstić information content (AvgIpc) is 3.06. The molecule has 0 bridgehead atoms. The maximum absolute atomic E-state index is 5.65. The predicted molar refractivity (Wildman–Crippen MR) is 67.4 cm³/mol. The van der Waals surface area contributed by atoms with E-state index in [0.717, 1.165) is 18.6 Å². The molecule has 0 saturated heterocycles. The van der Waals surface area contributed by atoms with Gasteiger partial charge in [0.25, 0.3) is 0 Å². The number of hydrogen-bond donors (Lipinski definition) is 2. The number of nitrogens with two attached hydrogens (primary N) is 1. The topological polar surface area (TPSA) is 60.4 Å². The Kier molecular flexibility index (Phi) is 3.15. The molecule has 1 unspecified atom stereocenters. The molecular weight excluding hydrogens is 228 g/mol. The van der Waals surface area contributed by atoms with Gasteiger partial charge < -0.3 is 9.15 Å². The summed E-state index contributed by atoms with van der Waals surface area (Å²) in [5.74, 6) is 5.65. The van der Waals surface area contributed by atoms with Crippen LogP contribution in [-0.2, 0) is 24.4 Å². The molecule has 1 aromatic heterocycles. The zero-order valence-corrected chi connectivity index (χ0v) is 10.1. The van der Waals surface area contributed by atoms with Crippen molar-refractivity contribution in [2.24, 2.45) is 5.84 Å². The van der Waals surface area contributed by atoms with Crippen molar-refractivity contribution < 1.29 is 9.15 Å². The second kappa shape index (κ2) is 4.94. The third kappa shape index (κ3) is 2.18. The number of fused-ring (bicyclic) bond motifs is 1. The molecule has 1 aromatic carbocycles. The van der Waals surface area contributed by atoms with E-state index >= 15 is 0 Å². The van der Waals surface area contributed by atoms with E-state index in [1.54, 1.807) is 12.5 Å². The van der Waals surface area contributed by atoms with E-state index in [-0.39, 0.29) is 6.04 Å². The van der Waals surface area contributed by atoms with Gasteiger partial charge in [0.2, 0.25) is 0 Å². The third-order valence-electron chi connectivity index (χ3n) is 3.37. The van der Waals surface area contributed by atoms with E-state index in [4.69, 9.17) is 15.0 Å². The number of furan rings is 1. The van der Waals surface area contributed by atoms with Crippen molar-refractivity contribution in [3.63, 3.8) is 0 Å². The van der Waals surface area contributed by atoms with Crippen LogP contribution in [-0.4, -0.2) is 0 Å². The van der Waals surface area contributed by atoms with E-state index in [9.17, 15) is 0 Å². The lowest BCUT2D eigenvalue weighted by Gasteiger charge is -2.16. The standard InChI is InChI=1S/C14H16N2O2/c15-16-14(5-10-3-4-17-7-10)11-1-2-12-8-18-9-13(12)6-11/h1-4,6-7,14,16H,5,8-9,15H2. The lowest BCUT2D eigenvalue weighted by molar-refractivity contribution is 0.134. The SMILES string of the molecule is NNC(Cc1ccoc1)c1ccc2c(c1)COC2. The Morgan fingerprint density at radius 3 is 2.89 bits per heavy atom. The second-order valence-electron chi connectivity index (χ2n) is 4.58. The molecule has 3 rings (SSSR count). The molecule has 2 aromatic rings. The molecule has 1 atom stereocenters. The summed E-state index contributed by atoms with van der Waals surface area (Å²) in [6, 6.07) is 8.46. The van der Waals surface area contributed by atoms with Gasteiger partial charge in [0.1, 0.15) is 0 Å². The van der Waals surface area contributed by atoms with Gasteiger partial charge in [0, 0.05) is 0 Å². The number of ether oxygens (including phenoxy) is 1. The molecule has 4 nitrogen and oxygen atoms in total. The van der Waals surface area contributed by atoms with Crippen molar-refractivity contribution in [1.82, 2.24) is 5.43 Å². The summed E-state index contributed by atoms with van der Waals surface area (Å²) >= 11 is 0. The fourth-order valence-corrected chi connectivity index (χ4v) is 2.33. The van der Waals surface area contributed by atoms with Crippen LogP contribution in [0.3, 0.4) is 0 Å². The van der Waals surface area contributed by atoms with Crippen molar-refractivity contribution in [3.8, 4) is 0 Å². The molecule has 0 amide bonds. The van der Waals surface area contributed by atoms with Crippen molar-refractivity contribution in [2.75, 3.05) is 0 Å². The van der Waals surface area contributed by atoms with Crippen LogP contribution in [0.1, 0.15) is 28.3 Å². The molecule has 0 radical (unpaired) electrons. The summed E-state index contributed by atoms with van der Waals surface area (Å²) in [5, 5.41) is 0. The predicted octanol–water partition coefficient (Wildman–Crippen LogP) is 2.06. The minimum Gasteiger partial charge on any atom is -0.472 e. The third-order valence-corrected chi connectivity index (χ3v) is 3.37. The lowest BCUT2D eigenvalue weighted by Crippen LogP contribution is -2.29. The van der Waals surface area contributed by atoms with Crippen molar-refractivity contribution >= 4 is 0 Å². The maximum Gasteiger partial charge on any atom is 0.0935 e. The first-order valence-corrected chi connectivity index (χ1v) is 6.03. The quantitative estimate of drug-likeness (QED) is 0.638. The maximum atomic E-state index is 5.65. The van der Waals surface area contributed by atoms with Crippen molar-refractivity contribution in [3.05, 3.63) is 59.0 Å². The molecule has 3 N–H and O–H groups in total. The fraction of sp³-hybridized carbons (Fsp3) is 0.286. The average molecular weight is 244 g/mol. The first-order chi connectivity index (χ1) is 8.86. The van der Waals surface area contributed by atoms with Crippen molar-refractivity contribution in [1.29, 1.82) is 0 Å². The number of rotatable bonds is 4. The van der Waals surface area contributed by atoms with Gasteiger partial charge in [-0.05, 0) is 34.7 Å². The Morgan fingerprint density at radius 2 is 2.11 bits per heavy atom. The highest BCUT2D eigenvalue weighted by atomic mass is 16.5. The Balaban J connectivity index is 1.83. The molecule has 2 heterocycles. The largest absolute Gasteiger partial charge is 0.472 e. The monoisotopic (exact) mass is 244 g/mol. The fourth-order valence-electron chi connectivity index (χ4n) is 2.33. The molecule has 1 aliphatic rings. The summed E-state index contributed by atoms with van der Waals surface area (Å²) in [6.07, 6.45) is 4.24. The molecular formula is C14H16N2O2. The summed E-state index contributed by atoms with van der Waals surface area (Å²) in [7, 11) is 0. The lowest BCUT2D eigenvalue weighted by atomic mass is 9.97. The Labute approximate surface area is 106 Å². The van der Waals surface area contributed by atoms with Crippen LogP contribution >= 0.6 is 0 Å². The smallest absolute Gasteiger partial charge is 0.0935 e. The zero-order chi connectivity index (χ0) is 12.4. The van der Waals surface area contributed by atoms with Gasteiger partial charge in [-0.1, -0.05) is 18.2 Å². The van der Waals surface area contributed by atoms with Crippen LogP contribution < -0.4 is 11.3 Å². The Morgan fingerprint density at radius 1 is 1.22 bits per heavy atom. The zero-order valence-electron chi connectivity index (χ0n) is 10.1. The van der Waals surface area contributed by atoms with Gasteiger partial charge in [-0.25, -0.2) is 0 Å². The highest BCUT2D eigenvalue weighted by molar-refractivity contribution is 5.35. The van der Waals surface area contributed by atoms with Gasteiger partial charge in [-0.15, -0.1) is 0 Å². The molecule has 0 aliphatic carbocycles. The van der Waals surface area contributed by atoms with E-state index in [1.807, 2.05) is 6.07 Å². The van der Waals surface area contributed by atoms with Crippen LogP contribution in [0, 0.1) is 0 Å². The van der Waals surface area contributed by atoms with Gasteiger partial charge in [-0.2, -0.15) is 0 Å². The van der Waals surface area contributed by atoms with Crippen LogP contribution in [0.15, 0.2) is 41.2 Å². The van der Waals surface area contributed by atoms with Crippen LogP contribution in [0.2, 0.25) is 0 Å². The molecule has 94 valence electrons. The minimum absolute atomic E-state index is 0.0912. The molecule has 18 heavy (non-hydrogen) atoms. The molecule has 0 spiro atoms.